The number of benzene rings is 1. The van der Waals surface area contributed by atoms with Crippen molar-refractivity contribution in [2.75, 3.05) is 0 Å². The molecule has 0 amide bonds. The van der Waals surface area contributed by atoms with Crippen LogP contribution in [-0.4, -0.2) is 30.6 Å². The number of hydrogen-bond donors (Lipinski definition) is 2. The Balaban J connectivity index is 1.84. The predicted molar refractivity (Wildman–Crippen MR) is 123 cm³/mol. The van der Waals surface area contributed by atoms with Gasteiger partial charge in [0.25, 0.3) is 5.56 Å². The molecule has 0 saturated heterocycles. The Morgan fingerprint density at radius 1 is 1.24 bits per heavy atom. The molecule has 0 unspecified atom stereocenters. The van der Waals surface area contributed by atoms with Crippen LogP contribution in [0.15, 0.2) is 59.7 Å². The van der Waals surface area contributed by atoms with Crippen molar-refractivity contribution in [2.24, 2.45) is 0 Å². The fraction of sp³-hybridized carbons (Fsp3) is 0.0833. The van der Waals surface area contributed by atoms with Crippen LogP contribution in [0.5, 0.6) is 0 Å². The molecule has 1 aromatic carbocycles. The maximum atomic E-state index is 14.6. The first-order valence-corrected chi connectivity index (χ1v) is 10.4. The number of fused-ring (bicyclic) bond motifs is 2. The van der Waals surface area contributed by atoms with Crippen LogP contribution in [0, 0.1) is 12.7 Å². The highest BCUT2D eigenvalue weighted by Crippen LogP contribution is 2.36. The molecular weight excluding hydrogens is 447 g/mol. The van der Waals surface area contributed by atoms with Crippen LogP contribution in [0.3, 0.4) is 0 Å². The van der Waals surface area contributed by atoms with Gasteiger partial charge >= 0.3 is 5.97 Å². The van der Waals surface area contributed by atoms with Gasteiger partial charge in [0.2, 0.25) is 0 Å². The Hall–Kier alpha value is -4.04. The lowest BCUT2D eigenvalue weighted by Crippen LogP contribution is -2.14. The van der Waals surface area contributed by atoms with Crippen LogP contribution < -0.4 is 5.56 Å². The standard InChI is InChI=1S/C24H16ClFN4O3/c1-12-8-16-18(10-17(12)26)30(11-14-9-13-4-2-6-27-22(13)29-21(14)25)20(24(32)33)19(16)15-5-3-7-28-23(15)31/h2-10H,11H2,1H3,(H,28,31)(H,32,33). The molecule has 4 heterocycles. The van der Waals surface area contributed by atoms with Crippen LogP contribution >= 0.6 is 11.6 Å². The minimum absolute atomic E-state index is 0.00202. The molecule has 0 atom stereocenters. The Labute approximate surface area is 191 Å². The van der Waals surface area contributed by atoms with Crippen LogP contribution in [0.1, 0.15) is 21.6 Å². The maximum absolute atomic E-state index is 14.6. The second-order valence-corrected chi connectivity index (χ2v) is 7.99. The lowest BCUT2D eigenvalue weighted by molar-refractivity contribution is 0.0687. The number of aryl methyl sites for hydroxylation is 1. The van der Waals surface area contributed by atoms with Crippen molar-refractivity contribution in [1.82, 2.24) is 19.5 Å². The van der Waals surface area contributed by atoms with E-state index in [4.69, 9.17) is 11.6 Å². The molecule has 0 fully saturated rings. The predicted octanol–water partition coefficient (Wildman–Crippen LogP) is 4.79. The van der Waals surface area contributed by atoms with Crippen molar-refractivity contribution in [1.29, 1.82) is 0 Å². The fourth-order valence-corrected chi connectivity index (χ4v) is 4.26. The number of pyridine rings is 3. The summed E-state index contributed by atoms with van der Waals surface area (Å²) < 4.78 is 16.1. The monoisotopic (exact) mass is 462 g/mol. The van der Waals surface area contributed by atoms with E-state index >= 15 is 0 Å². The molecule has 33 heavy (non-hydrogen) atoms. The first-order valence-electron chi connectivity index (χ1n) is 9.99. The third-order valence-electron chi connectivity index (χ3n) is 5.58. The Bertz CT molecular complexity index is 1640. The molecule has 5 aromatic rings. The normalized spacial score (nSPS) is 11.4. The molecule has 0 bridgehead atoms. The zero-order valence-corrected chi connectivity index (χ0v) is 18.0. The zero-order valence-electron chi connectivity index (χ0n) is 17.3. The average Bonchev–Trinajstić information content (AvgIpc) is 3.08. The molecule has 0 radical (unpaired) electrons. The second kappa shape index (κ2) is 7.83. The van der Waals surface area contributed by atoms with E-state index in [1.165, 1.54) is 16.8 Å². The van der Waals surface area contributed by atoms with Gasteiger partial charge in [-0.25, -0.2) is 19.2 Å². The van der Waals surface area contributed by atoms with Gasteiger partial charge in [-0.2, -0.15) is 0 Å². The smallest absolute Gasteiger partial charge is 0.353 e. The number of nitrogens with one attached hydrogen (secondary N) is 1. The molecule has 0 aliphatic heterocycles. The topological polar surface area (TPSA) is 101 Å². The second-order valence-electron chi connectivity index (χ2n) is 7.63. The number of hydrogen-bond acceptors (Lipinski definition) is 4. The lowest BCUT2D eigenvalue weighted by atomic mass is 10.0. The van der Waals surface area contributed by atoms with Gasteiger partial charge in [0.15, 0.2) is 5.65 Å². The number of halogens is 2. The van der Waals surface area contributed by atoms with Gasteiger partial charge in [0.05, 0.1) is 12.1 Å². The molecule has 0 aliphatic rings. The number of carbonyl (C=O) groups is 1. The quantitative estimate of drug-likeness (QED) is 0.374. The van der Waals surface area contributed by atoms with Gasteiger partial charge in [-0.3, -0.25) is 4.79 Å². The maximum Gasteiger partial charge on any atom is 0.353 e. The van der Waals surface area contributed by atoms with Crippen LogP contribution in [0.25, 0.3) is 33.1 Å². The summed E-state index contributed by atoms with van der Waals surface area (Å²) in [7, 11) is 0. The van der Waals surface area contributed by atoms with Crippen molar-refractivity contribution < 1.29 is 14.3 Å². The van der Waals surface area contributed by atoms with Gasteiger partial charge in [-0.1, -0.05) is 11.6 Å². The Kier molecular flexibility index (Phi) is 4.94. The van der Waals surface area contributed by atoms with Crippen molar-refractivity contribution in [2.45, 2.75) is 13.5 Å². The summed E-state index contributed by atoms with van der Waals surface area (Å²) in [5.41, 5.74) is 1.46. The molecule has 0 spiro atoms. The molecule has 9 heteroatoms. The zero-order chi connectivity index (χ0) is 23.3. The fourth-order valence-electron chi connectivity index (χ4n) is 4.06. The number of aromatic amines is 1. The highest BCUT2D eigenvalue weighted by atomic mass is 35.5. The third-order valence-corrected chi connectivity index (χ3v) is 5.91. The van der Waals surface area contributed by atoms with E-state index in [1.54, 1.807) is 43.5 Å². The minimum Gasteiger partial charge on any atom is -0.477 e. The van der Waals surface area contributed by atoms with E-state index in [9.17, 15) is 19.1 Å². The highest BCUT2D eigenvalue weighted by Gasteiger charge is 2.26. The average molecular weight is 463 g/mol. The number of aromatic carboxylic acids is 1. The summed E-state index contributed by atoms with van der Waals surface area (Å²) in [4.78, 5) is 36.1. The SMILES string of the molecule is Cc1cc2c(-c3ccc[nH]c3=O)c(C(=O)O)n(Cc3cc4cccnc4nc3Cl)c2cc1F. The van der Waals surface area contributed by atoms with Crippen molar-refractivity contribution in [3.8, 4) is 11.1 Å². The number of nitrogens with zero attached hydrogens (tertiary/aromatic N) is 3. The van der Waals surface area contributed by atoms with E-state index in [0.29, 0.717) is 27.7 Å². The third kappa shape index (κ3) is 3.44. The van der Waals surface area contributed by atoms with Gasteiger partial charge in [0, 0.05) is 39.9 Å². The van der Waals surface area contributed by atoms with E-state index in [2.05, 4.69) is 15.0 Å². The van der Waals surface area contributed by atoms with Gasteiger partial charge in [0.1, 0.15) is 16.7 Å². The van der Waals surface area contributed by atoms with Gasteiger partial charge < -0.3 is 14.7 Å². The van der Waals surface area contributed by atoms with Gasteiger partial charge in [-0.15, -0.1) is 0 Å². The number of rotatable bonds is 4. The van der Waals surface area contributed by atoms with Crippen LogP contribution in [0.2, 0.25) is 5.15 Å². The molecule has 0 saturated carbocycles. The van der Waals surface area contributed by atoms with E-state index in [-0.39, 0.29) is 28.5 Å². The summed E-state index contributed by atoms with van der Waals surface area (Å²) in [6.07, 6.45) is 3.06. The first kappa shape index (κ1) is 20.8. The molecule has 164 valence electrons. The summed E-state index contributed by atoms with van der Waals surface area (Å²) in [5, 5.41) is 11.5. The van der Waals surface area contributed by atoms with Crippen LogP contribution in [-0.2, 0) is 6.54 Å². The Morgan fingerprint density at radius 3 is 2.82 bits per heavy atom. The van der Waals surface area contributed by atoms with E-state index in [0.717, 1.165) is 5.39 Å². The molecule has 5 rings (SSSR count). The number of H-pyrrole nitrogens is 1. The summed E-state index contributed by atoms with van der Waals surface area (Å²) in [6, 6.07) is 11.3. The largest absolute Gasteiger partial charge is 0.477 e. The number of carboxylic acid groups (broad SMARTS) is 1. The highest BCUT2D eigenvalue weighted by molar-refractivity contribution is 6.30. The molecule has 2 N–H and O–H groups in total. The summed E-state index contributed by atoms with van der Waals surface area (Å²) >= 11 is 6.40. The molecular formula is C24H16ClFN4O3. The van der Waals surface area contributed by atoms with Crippen LogP contribution in [0.4, 0.5) is 4.39 Å². The van der Waals surface area contributed by atoms with E-state index in [1.807, 2.05) is 6.07 Å². The summed E-state index contributed by atoms with van der Waals surface area (Å²) in [5.74, 6) is -1.74. The lowest BCUT2D eigenvalue weighted by Gasteiger charge is -2.11. The molecule has 0 aliphatic carbocycles. The number of aromatic nitrogens is 4. The minimum atomic E-state index is -1.26. The molecule has 4 aromatic heterocycles. The Morgan fingerprint density at radius 2 is 2.06 bits per heavy atom. The van der Waals surface area contributed by atoms with Crippen molar-refractivity contribution in [3.63, 3.8) is 0 Å². The first-order chi connectivity index (χ1) is 15.8. The summed E-state index contributed by atoms with van der Waals surface area (Å²) in [6.45, 7) is 1.59. The van der Waals surface area contributed by atoms with Crippen molar-refractivity contribution in [3.05, 3.63) is 93.0 Å². The van der Waals surface area contributed by atoms with E-state index < -0.39 is 17.3 Å². The molecule has 7 nitrogen and oxygen atoms in total. The number of carboxylic acids is 1. The van der Waals surface area contributed by atoms with Gasteiger partial charge in [-0.05, 0) is 55.0 Å². The van der Waals surface area contributed by atoms with Crippen molar-refractivity contribution >= 4 is 39.5 Å².